The van der Waals surface area contributed by atoms with Crippen LogP contribution in [0.25, 0.3) is 10.2 Å². The lowest BCUT2D eigenvalue weighted by Gasteiger charge is -2.22. The van der Waals surface area contributed by atoms with E-state index in [1.54, 1.807) is 17.7 Å². The summed E-state index contributed by atoms with van der Waals surface area (Å²) in [6.07, 6.45) is 1.63. The molecule has 0 unspecified atom stereocenters. The normalized spacial score (nSPS) is 10.8. The number of thiophene rings is 1. The third-order valence-corrected chi connectivity index (χ3v) is 4.13. The van der Waals surface area contributed by atoms with Crippen molar-refractivity contribution < 1.29 is 0 Å². The Bertz CT molecular complexity index is 722. The van der Waals surface area contributed by atoms with Crippen LogP contribution in [0.2, 0.25) is 0 Å². The van der Waals surface area contributed by atoms with Crippen LogP contribution in [0.4, 0.5) is 11.5 Å². The molecular weight excluding hydrogens is 268 g/mol. The van der Waals surface area contributed by atoms with Crippen molar-refractivity contribution in [3.63, 3.8) is 0 Å². The number of benzene rings is 1. The summed E-state index contributed by atoms with van der Waals surface area (Å²) in [7, 11) is 0. The van der Waals surface area contributed by atoms with Crippen LogP contribution in [-0.2, 0) is 6.54 Å². The number of nitrogens with zero attached hydrogens (tertiary/aromatic N) is 3. The minimum absolute atomic E-state index is 0.794. The maximum Gasteiger partial charge on any atom is 0.150 e. The first-order chi connectivity index (χ1) is 9.78. The Balaban J connectivity index is 1.95. The number of nitrogen functional groups attached to an aromatic ring is 1. The summed E-state index contributed by atoms with van der Waals surface area (Å²) in [4.78, 5) is 11.0. The largest absolute Gasteiger partial charge is 0.399 e. The van der Waals surface area contributed by atoms with Crippen LogP contribution in [0.3, 0.4) is 0 Å². The summed E-state index contributed by atoms with van der Waals surface area (Å²) in [6, 6.07) is 10.0. The van der Waals surface area contributed by atoms with E-state index in [1.807, 2.05) is 24.3 Å². The SMILES string of the molecule is CCN(Cc1cccc(N)c1)c1ncnc2ccsc12. The second-order valence-corrected chi connectivity index (χ2v) is 5.51. The lowest BCUT2D eigenvalue weighted by molar-refractivity contribution is 0.817. The average Bonchev–Trinajstić information content (AvgIpc) is 2.93. The molecule has 0 saturated carbocycles. The predicted molar refractivity (Wildman–Crippen MR) is 85.0 cm³/mol. The second-order valence-electron chi connectivity index (χ2n) is 4.59. The van der Waals surface area contributed by atoms with Crippen molar-refractivity contribution in [1.29, 1.82) is 0 Å². The first kappa shape index (κ1) is 12.9. The molecule has 0 amide bonds. The molecule has 2 N–H and O–H groups in total. The Kier molecular flexibility index (Phi) is 3.52. The molecule has 0 atom stereocenters. The number of hydrogen-bond donors (Lipinski definition) is 1. The Morgan fingerprint density at radius 2 is 2.15 bits per heavy atom. The standard InChI is InChI=1S/C15H16N4S/c1-2-19(9-11-4-3-5-12(16)8-11)15-14-13(6-7-20-14)17-10-18-15/h3-8,10H,2,9,16H2,1H3. The molecule has 102 valence electrons. The van der Waals surface area contributed by atoms with Crippen molar-refractivity contribution >= 4 is 33.1 Å². The van der Waals surface area contributed by atoms with Gasteiger partial charge in [0.2, 0.25) is 0 Å². The van der Waals surface area contributed by atoms with Crippen molar-refractivity contribution in [3.8, 4) is 0 Å². The van der Waals surface area contributed by atoms with Crippen molar-refractivity contribution in [2.24, 2.45) is 0 Å². The van der Waals surface area contributed by atoms with Gasteiger partial charge in [-0.05, 0) is 36.1 Å². The number of aromatic nitrogens is 2. The molecule has 2 aromatic heterocycles. The predicted octanol–water partition coefficient (Wildman–Crippen LogP) is 3.30. The van der Waals surface area contributed by atoms with Gasteiger partial charge in [0.05, 0.1) is 10.2 Å². The molecule has 0 bridgehead atoms. The lowest BCUT2D eigenvalue weighted by Crippen LogP contribution is -2.23. The number of anilines is 2. The van der Waals surface area contributed by atoms with Gasteiger partial charge in [0.25, 0.3) is 0 Å². The lowest BCUT2D eigenvalue weighted by atomic mass is 10.2. The molecule has 3 aromatic rings. The Morgan fingerprint density at radius 3 is 2.95 bits per heavy atom. The molecule has 2 heterocycles. The van der Waals surface area contributed by atoms with Crippen molar-refractivity contribution in [1.82, 2.24) is 9.97 Å². The average molecular weight is 284 g/mol. The highest BCUT2D eigenvalue weighted by Gasteiger charge is 2.12. The molecule has 0 aliphatic rings. The van der Waals surface area contributed by atoms with E-state index in [-0.39, 0.29) is 0 Å². The Morgan fingerprint density at radius 1 is 1.25 bits per heavy atom. The van der Waals surface area contributed by atoms with Gasteiger partial charge in [-0.2, -0.15) is 0 Å². The summed E-state index contributed by atoms with van der Waals surface area (Å²) < 4.78 is 1.14. The van der Waals surface area contributed by atoms with E-state index in [0.29, 0.717) is 0 Å². The van der Waals surface area contributed by atoms with Gasteiger partial charge in [-0.15, -0.1) is 11.3 Å². The molecular formula is C15H16N4S. The van der Waals surface area contributed by atoms with Crippen LogP contribution in [0.1, 0.15) is 12.5 Å². The molecule has 0 radical (unpaired) electrons. The second kappa shape index (κ2) is 5.46. The highest BCUT2D eigenvalue weighted by Crippen LogP contribution is 2.28. The quantitative estimate of drug-likeness (QED) is 0.747. The number of nitrogens with two attached hydrogens (primary N) is 1. The van der Waals surface area contributed by atoms with E-state index in [9.17, 15) is 0 Å². The topological polar surface area (TPSA) is 55.0 Å². The van der Waals surface area contributed by atoms with Crippen molar-refractivity contribution in [3.05, 3.63) is 47.6 Å². The zero-order valence-electron chi connectivity index (χ0n) is 11.3. The molecule has 0 saturated heterocycles. The van der Waals surface area contributed by atoms with Gasteiger partial charge in [-0.1, -0.05) is 12.1 Å². The summed E-state index contributed by atoms with van der Waals surface area (Å²) in [5, 5.41) is 2.05. The zero-order chi connectivity index (χ0) is 13.9. The minimum Gasteiger partial charge on any atom is -0.399 e. The smallest absolute Gasteiger partial charge is 0.150 e. The summed E-state index contributed by atoms with van der Waals surface area (Å²) >= 11 is 1.68. The van der Waals surface area contributed by atoms with Gasteiger partial charge in [-0.3, -0.25) is 0 Å². The molecule has 0 aliphatic heterocycles. The molecule has 0 fully saturated rings. The fourth-order valence-electron chi connectivity index (χ4n) is 2.25. The summed E-state index contributed by atoms with van der Waals surface area (Å²) in [6.45, 7) is 3.82. The van der Waals surface area contributed by atoms with Gasteiger partial charge in [-0.25, -0.2) is 9.97 Å². The van der Waals surface area contributed by atoms with E-state index in [2.05, 4.69) is 33.2 Å². The molecule has 4 nitrogen and oxygen atoms in total. The highest BCUT2D eigenvalue weighted by molar-refractivity contribution is 7.17. The molecule has 3 rings (SSSR count). The number of hydrogen-bond acceptors (Lipinski definition) is 5. The van der Waals surface area contributed by atoms with Crippen LogP contribution in [-0.4, -0.2) is 16.5 Å². The Hall–Kier alpha value is -2.14. The molecule has 20 heavy (non-hydrogen) atoms. The third kappa shape index (κ3) is 2.44. The van der Waals surface area contributed by atoms with E-state index < -0.39 is 0 Å². The van der Waals surface area contributed by atoms with Gasteiger partial charge >= 0.3 is 0 Å². The van der Waals surface area contributed by atoms with Gasteiger partial charge in [0.1, 0.15) is 12.1 Å². The fraction of sp³-hybridized carbons (Fsp3) is 0.200. The first-order valence-electron chi connectivity index (χ1n) is 6.55. The van der Waals surface area contributed by atoms with Crippen LogP contribution < -0.4 is 10.6 Å². The minimum atomic E-state index is 0.794. The van der Waals surface area contributed by atoms with Crippen LogP contribution >= 0.6 is 11.3 Å². The molecule has 0 spiro atoms. The first-order valence-corrected chi connectivity index (χ1v) is 7.43. The van der Waals surface area contributed by atoms with Gasteiger partial charge in [0.15, 0.2) is 0 Å². The van der Waals surface area contributed by atoms with E-state index in [0.717, 1.165) is 34.8 Å². The van der Waals surface area contributed by atoms with E-state index in [1.165, 1.54) is 5.56 Å². The number of fused-ring (bicyclic) bond motifs is 1. The molecule has 5 heteroatoms. The molecule has 0 aliphatic carbocycles. The monoisotopic (exact) mass is 284 g/mol. The summed E-state index contributed by atoms with van der Waals surface area (Å²) in [5.74, 6) is 0.995. The van der Waals surface area contributed by atoms with Gasteiger partial charge < -0.3 is 10.6 Å². The highest BCUT2D eigenvalue weighted by atomic mass is 32.1. The van der Waals surface area contributed by atoms with Gasteiger partial charge in [0, 0.05) is 18.8 Å². The van der Waals surface area contributed by atoms with Crippen molar-refractivity contribution in [2.45, 2.75) is 13.5 Å². The molecule has 1 aromatic carbocycles. The maximum atomic E-state index is 5.85. The van der Waals surface area contributed by atoms with Crippen LogP contribution in [0.15, 0.2) is 42.0 Å². The third-order valence-electron chi connectivity index (χ3n) is 3.23. The fourth-order valence-corrected chi connectivity index (χ4v) is 3.11. The van der Waals surface area contributed by atoms with Crippen LogP contribution in [0.5, 0.6) is 0 Å². The summed E-state index contributed by atoms with van der Waals surface area (Å²) in [5.41, 5.74) is 8.84. The zero-order valence-corrected chi connectivity index (χ0v) is 12.1. The van der Waals surface area contributed by atoms with Crippen LogP contribution in [0, 0.1) is 0 Å². The van der Waals surface area contributed by atoms with E-state index >= 15 is 0 Å². The van der Waals surface area contributed by atoms with Crippen molar-refractivity contribution in [2.75, 3.05) is 17.2 Å². The maximum absolute atomic E-state index is 5.85. The Labute approximate surface area is 121 Å². The van der Waals surface area contributed by atoms with E-state index in [4.69, 9.17) is 5.73 Å². The number of rotatable bonds is 4.